The van der Waals surface area contributed by atoms with E-state index in [9.17, 15) is 9.59 Å². The molecule has 25 heavy (non-hydrogen) atoms. The molecule has 0 radical (unpaired) electrons. The van der Waals surface area contributed by atoms with E-state index in [4.69, 9.17) is 9.47 Å². The lowest BCUT2D eigenvalue weighted by atomic mass is 10.0. The summed E-state index contributed by atoms with van der Waals surface area (Å²) in [5, 5.41) is 2.72. The fourth-order valence-corrected chi connectivity index (χ4v) is 3.26. The van der Waals surface area contributed by atoms with Gasteiger partial charge in [-0.15, -0.1) is 0 Å². The number of hydrogen-bond acceptors (Lipinski definition) is 4. The first-order chi connectivity index (χ1) is 12.1. The lowest BCUT2D eigenvalue weighted by Crippen LogP contribution is -2.49. The molecule has 0 aliphatic carbocycles. The molecule has 2 amide bonds. The molecule has 0 bridgehead atoms. The number of rotatable bonds is 4. The Morgan fingerprint density at radius 2 is 1.88 bits per heavy atom. The topological polar surface area (TPSA) is 67.9 Å². The second-order valence-electron chi connectivity index (χ2n) is 6.34. The maximum atomic E-state index is 12.6. The third-order valence-corrected chi connectivity index (χ3v) is 4.44. The monoisotopic (exact) mass is 344 g/mol. The number of amides is 2. The van der Waals surface area contributed by atoms with Crippen molar-refractivity contribution >= 4 is 23.6 Å². The first kappa shape index (κ1) is 17.6. The van der Waals surface area contributed by atoms with E-state index in [0.717, 1.165) is 37.1 Å². The predicted octanol–water partition coefficient (Wildman–Crippen LogP) is 2.41. The Labute approximate surface area is 147 Å². The van der Waals surface area contributed by atoms with Crippen LogP contribution in [0.15, 0.2) is 30.3 Å². The Morgan fingerprint density at radius 3 is 2.56 bits per heavy atom. The number of carbonyl (C=O) groups is 2. The highest BCUT2D eigenvalue weighted by molar-refractivity contribution is 5.92. The molecule has 1 aromatic rings. The van der Waals surface area contributed by atoms with Gasteiger partial charge < -0.3 is 19.7 Å². The van der Waals surface area contributed by atoms with Crippen LogP contribution < -0.4 is 5.32 Å². The van der Waals surface area contributed by atoms with Crippen LogP contribution in [0.5, 0.6) is 0 Å². The molecule has 6 nitrogen and oxygen atoms in total. The number of nitrogens with zero attached hydrogens (tertiary/aromatic N) is 1. The summed E-state index contributed by atoms with van der Waals surface area (Å²) in [7, 11) is 0. The van der Waals surface area contributed by atoms with Gasteiger partial charge in [-0.1, -0.05) is 12.1 Å². The smallest absolute Gasteiger partial charge is 0.246 e. The summed E-state index contributed by atoms with van der Waals surface area (Å²) in [6, 6.07) is 7.36. The van der Waals surface area contributed by atoms with Crippen molar-refractivity contribution in [3.63, 3.8) is 0 Å². The van der Waals surface area contributed by atoms with Gasteiger partial charge in [-0.2, -0.15) is 0 Å². The van der Waals surface area contributed by atoms with Crippen molar-refractivity contribution in [1.82, 2.24) is 4.90 Å². The average Bonchev–Trinajstić information content (AvgIpc) is 3.15. The first-order valence-electron chi connectivity index (χ1n) is 8.73. The molecule has 2 saturated heterocycles. The number of likely N-dealkylation sites (tertiary alicyclic amines) is 1. The molecular weight excluding hydrogens is 320 g/mol. The van der Waals surface area contributed by atoms with Gasteiger partial charge in [0.25, 0.3) is 0 Å². The van der Waals surface area contributed by atoms with Crippen molar-refractivity contribution < 1.29 is 19.1 Å². The third-order valence-electron chi connectivity index (χ3n) is 4.44. The van der Waals surface area contributed by atoms with Gasteiger partial charge in [0.15, 0.2) is 6.29 Å². The Kier molecular flexibility index (Phi) is 5.83. The number of benzene rings is 1. The summed E-state index contributed by atoms with van der Waals surface area (Å²) in [5.41, 5.74) is 1.65. The molecule has 0 spiro atoms. The molecule has 1 atom stereocenters. The number of carbonyl (C=O) groups excluding carboxylic acids is 2. The lowest BCUT2D eigenvalue weighted by Gasteiger charge is -2.37. The average molecular weight is 344 g/mol. The van der Waals surface area contributed by atoms with E-state index in [0.29, 0.717) is 13.2 Å². The molecule has 1 aromatic carbocycles. The summed E-state index contributed by atoms with van der Waals surface area (Å²) in [6.07, 6.45) is 6.10. The van der Waals surface area contributed by atoms with Crippen molar-refractivity contribution in [3.8, 4) is 0 Å². The molecule has 6 heteroatoms. The third kappa shape index (κ3) is 4.67. The zero-order chi connectivity index (χ0) is 17.6. The van der Waals surface area contributed by atoms with E-state index in [1.807, 2.05) is 29.2 Å². The molecule has 2 aliphatic rings. The minimum atomic E-state index is -0.297. The van der Waals surface area contributed by atoms with Gasteiger partial charge in [0, 0.05) is 25.2 Å². The largest absolute Gasteiger partial charge is 0.348 e. The lowest BCUT2D eigenvalue weighted by molar-refractivity contribution is -0.145. The fourth-order valence-electron chi connectivity index (χ4n) is 3.26. The van der Waals surface area contributed by atoms with E-state index in [2.05, 4.69) is 5.32 Å². The van der Waals surface area contributed by atoms with Crippen LogP contribution in [0.4, 0.5) is 5.69 Å². The van der Waals surface area contributed by atoms with Crippen molar-refractivity contribution in [3.05, 3.63) is 35.9 Å². The molecule has 2 fully saturated rings. The number of piperidine rings is 1. The summed E-state index contributed by atoms with van der Waals surface area (Å²) >= 11 is 0. The Hall–Kier alpha value is -2.18. The SMILES string of the molecule is CC(=O)Nc1ccc(/C=C/C(=O)N2CCCCC2C2OCCO2)cc1. The van der Waals surface area contributed by atoms with Gasteiger partial charge in [0.05, 0.1) is 19.3 Å². The Bertz CT molecular complexity index is 635. The van der Waals surface area contributed by atoms with Crippen LogP contribution in [0, 0.1) is 0 Å². The second kappa shape index (κ2) is 8.27. The summed E-state index contributed by atoms with van der Waals surface area (Å²) < 4.78 is 11.2. The fraction of sp³-hybridized carbons (Fsp3) is 0.474. The summed E-state index contributed by atoms with van der Waals surface area (Å²) in [5.74, 6) is -0.124. The van der Waals surface area contributed by atoms with E-state index < -0.39 is 0 Å². The van der Waals surface area contributed by atoms with Gasteiger partial charge in [0.2, 0.25) is 11.8 Å². The molecular formula is C19H24N2O4. The van der Waals surface area contributed by atoms with Gasteiger partial charge in [0.1, 0.15) is 0 Å². The molecule has 1 N–H and O–H groups in total. The number of anilines is 1. The highest BCUT2D eigenvalue weighted by Gasteiger charge is 2.35. The van der Waals surface area contributed by atoms with E-state index >= 15 is 0 Å². The molecule has 2 heterocycles. The molecule has 1 unspecified atom stereocenters. The predicted molar refractivity (Wildman–Crippen MR) is 94.8 cm³/mol. The van der Waals surface area contributed by atoms with E-state index in [-0.39, 0.29) is 24.1 Å². The molecule has 134 valence electrons. The van der Waals surface area contributed by atoms with E-state index in [1.165, 1.54) is 6.92 Å². The van der Waals surface area contributed by atoms with Crippen molar-refractivity contribution in [2.45, 2.75) is 38.5 Å². The van der Waals surface area contributed by atoms with Gasteiger partial charge in [-0.3, -0.25) is 9.59 Å². The first-order valence-corrected chi connectivity index (χ1v) is 8.73. The Balaban J connectivity index is 1.63. The van der Waals surface area contributed by atoms with Gasteiger partial charge in [-0.05, 0) is 43.0 Å². The molecule has 0 aromatic heterocycles. The number of ether oxygens (including phenoxy) is 2. The molecule has 3 rings (SSSR count). The standard InChI is InChI=1S/C19H24N2O4/c1-14(22)20-16-8-5-15(6-9-16)7-10-18(23)21-11-3-2-4-17(21)19-24-12-13-25-19/h5-10,17,19H,2-4,11-13H2,1H3,(H,20,22)/b10-7+. The number of nitrogens with one attached hydrogen (secondary N) is 1. The van der Waals surface area contributed by atoms with Crippen LogP contribution in [0.2, 0.25) is 0 Å². The minimum Gasteiger partial charge on any atom is -0.348 e. The highest BCUT2D eigenvalue weighted by Crippen LogP contribution is 2.24. The Morgan fingerprint density at radius 1 is 1.16 bits per heavy atom. The minimum absolute atomic E-state index is 0.00413. The van der Waals surface area contributed by atoms with Crippen LogP contribution in [-0.2, 0) is 19.1 Å². The summed E-state index contributed by atoms with van der Waals surface area (Å²) in [4.78, 5) is 25.5. The normalized spacial score (nSPS) is 21.6. The quantitative estimate of drug-likeness (QED) is 0.852. The zero-order valence-corrected chi connectivity index (χ0v) is 14.4. The van der Waals surface area contributed by atoms with Crippen LogP contribution in [0.3, 0.4) is 0 Å². The number of hydrogen-bond donors (Lipinski definition) is 1. The van der Waals surface area contributed by atoms with Crippen LogP contribution >= 0.6 is 0 Å². The van der Waals surface area contributed by atoms with Crippen LogP contribution in [0.1, 0.15) is 31.7 Å². The molecule has 0 saturated carbocycles. The van der Waals surface area contributed by atoms with E-state index in [1.54, 1.807) is 12.2 Å². The van der Waals surface area contributed by atoms with Gasteiger partial charge >= 0.3 is 0 Å². The van der Waals surface area contributed by atoms with Crippen molar-refractivity contribution in [1.29, 1.82) is 0 Å². The van der Waals surface area contributed by atoms with Crippen molar-refractivity contribution in [2.75, 3.05) is 25.1 Å². The van der Waals surface area contributed by atoms with Crippen molar-refractivity contribution in [2.24, 2.45) is 0 Å². The second-order valence-corrected chi connectivity index (χ2v) is 6.34. The maximum absolute atomic E-state index is 12.6. The zero-order valence-electron chi connectivity index (χ0n) is 14.4. The van der Waals surface area contributed by atoms with Crippen LogP contribution in [-0.4, -0.2) is 48.8 Å². The van der Waals surface area contributed by atoms with Gasteiger partial charge in [-0.25, -0.2) is 0 Å². The van der Waals surface area contributed by atoms with Crippen LogP contribution in [0.25, 0.3) is 6.08 Å². The maximum Gasteiger partial charge on any atom is 0.246 e. The highest BCUT2D eigenvalue weighted by atomic mass is 16.7. The summed E-state index contributed by atoms with van der Waals surface area (Å²) in [6.45, 7) is 3.40. The molecule has 2 aliphatic heterocycles.